The van der Waals surface area contributed by atoms with Crippen LogP contribution in [-0.2, 0) is 0 Å². The van der Waals surface area contributed by atoms with Gasteiger partial charge in [-0.1, -0.05) is 25.1 Å². The van der Waals surface area contributed by atoms with Crippen molar-refractivity contribution < 1.29 is 5.11 Å². The third-order valence-corrected chi connectivity index (χ3v) is 4.27. The van der Waals surface area contributed by atoms with Gasteiger partial charge in [0.15, 0.2) is 0 Å². The van der Waals surface area contributed by atoms with Crippen molar-refractivity contribution in [2.45, 2.75) is 40.2 Å². The second kappa shape index (κ2) is 7.14. The highest BCUT2D eigenvalue weighted by Crippen LogP contribution is 2.25. The summed E-state index contributed by atoms with van der Waals surface area (Å²) < 4.78 is 1.27. The predicted molar refractivity (Wildman–Crippen MR) is 95.3 cm³/mol. The molecule has 1 N–H and O–H groups in total. The van der Waals surface area contributed by atoms with Crippen LogP contribution in [0, 0.1) is 25.2 Å². The van der Waals surface area contributed by atoms with Gasteiger partial charge >= 0.3 is 0 Å². The zero-order valence-electron chi connectivity index (χ0n) is 14.4. The summed E-state index contributed by atoms with van der Waals surface area (Å²) in [5.74, 6) is -0.150. The lowest BCUT2D eigenvalue weighted by Gasteiger charge is -2.18. The molecule has 0 aliphatic carbocycles. The molecule has 0 radical (unpaired) electrons. The molecular formula is C19H21N3O2. The number of pyridine rings is 1. The molecule has 1 unspecified atom stereocenters. The van der Waals surface area contributed by atoms with Crippen LogP contribution < -0.4 is 5.56 Å². The first-order chi connectivity index (χ1) is 11.4. The lowest BCUT2D eigenvalue weighted by Crippen LogP contribution is -2.27. The third kappa shape index (κ3) is 3.09. The maximum atomic E-state index is 12.5. The largest absolute Gasteiger partial charge is 0.494 e. The Morgan fingerprint density at radius 2 is 2.04 bits per heavy atom. The first-order valence-corrected chi connectivity index (χ1v) is 7.90. The van der Waals surface area contributed by atoms with Gasteiger partial charge in [0.1, 0.15) is 11.6 Å². The van der Waals surface area contributed by atoms with E-state index in [1.54, 1.807) is 6.92 Å². The van der Waals surface area contributed by atoms with Gasteiger partial charge in [0.05, 0.1) is 11.3 Å². The Labute approximate surface area is 141 Å². The second-order valence-electron chi connectivity index (χ2n) is 5.83. The maximum absolute atomic E-state index is 12.5. The minimum Gasteiger partial charge on any atom is -0.494 e. The summed E-state index contributed by atoms with van der Waals surface area (Å²) in [6, 6.07) is 9.36. The van der Waals surface area contributed by atoms with E-state index in [9.17, 15) is 15.2 Å². The molecule has 24 heavy (non-hydrogen) atoms. The van der Waals surface area contributed by atoms with E-state index in [1.165, 1.54) is 10.8 Å². The first kappa shape index (κ1) is 17.5. The standard InChI is InChI=1S/C19H21N3O2/c1-5-13(3)22-18(23)15(10-20)14(4)16(19(22)24)11-21-17-9-7-6-8-12(17)2/h6-9,11,13,24H,5H2,1-4H3. The van der Waals surface area contributed by atoms with Crippen LogP contribution in [0.4, 0.5) is 5.69 Å². The van der Waals surface area contributed by atoms with Crippen molar-refractivity contribution in [3.8, 4) is 11.9 Å². The molecule has 0 aliphatic rings. The number of aliphatic imine (C=N–C) groups is 1. The number of rotatable bonds is 4. The summed E-state index contributed by atoms with van der Waals surface area (Å²) in [7, 11) is 0. The summed E-state index contributed by atoms with van der Waals surface area (Å²) in [6.07, 6.45) is 2.18. The number of aromatic nitrogens is 1. The summed E-state index contributed by atoms with van der Waals surface area (Å²) in [4.78, 5) is 16.9. The zero-order chi connectivity index (χ0) is 17.9. The van der Waals surface area contributed by atoms with Gasteiger partial charge in [0, 0.05) is 12.3 Å². The lowest BCUT2D eigenvalue weighted by molar-refractivity contribution is 0.372. The fourth-order valence-corrected chi connectivity index (χ4v) is 2.53. The average Bonchev–Trinajstić information content (AvgIpc) is 2.56. The maximum Gasteiger partial charge on any atom is 0.271 e. The monoisotopic (exact) mass is 323 g/mol. The summed E-state index contributed by atoms with van der Waals surface area (Å²) in [5.41, 5.74) is 2.19. The summed E-state index contributed by atoms with van der Waals surface area (Å²) in [5, 5.41) is 19.9. The van der Waals surface area contributed by atoms with E-state index >= 15 is 0 Å². The normalized spacial score (nSPS) is 12.3. The molecular weight excluding hydrogens is 302 g/mol. The molecule has 0 saturated heterocycles. The Morgan fingerprint density at radius 1 is 1.38 bits per heavy atom. The van der Waals surface area contributed by atoms with Crippen LogP contribution in [0.5, 0.6) is 5.88 Å². The van der Waals surface area contributed by atoms with Gasteiger partial charge in [-0.05, 0) is 44.4 Å². The van der Waals surface area contributed by atoms with E-state index in [1.807, 2.05) is 51.1 Å². The van der Waals surface area contributed by atoms with Crippen LogP contribution in [0.3, 0.4) is 0 Å². The molecule has 0 fully saturated rings. The third-order valence-electron chi connectivity index (χ3n) is 4.27. The Hall–Kier alpha value is -2.87. The van der Waals surface area contributed by atoms with Crippen LogP contribution in [0.15, 0.2) is 34.1 Å². The molecule has 5 heteroatoms. The second-order valence-corrected chi connectivity index (χ2v) is 5.83. The van der Waals surface area contributed by atoms with E-state index in [2.05, 4.69) is 4.99 Å². The number of nitrogens with zero attached hydrogens (tertiary/aromatic N) is 3. The highest BCUT2D eigenvalue weighted by atomic mass is 16.3. The Kier molecular flexibility index (Phi) is 5.20. The highest BCUT2D eigenvalue weighted by molar-refractivity contribution is 5.87. The Balaban J connectivity index is 2.68. The molecule has 1 heterocycles. The molecule has 0 spiro atoms. The van der Waals surface area contributed by atoms with Gasteiger partial charge in [-0.15, -0.1) is 0 Å². The van der Waals surface area contributed by atoms with Gasteiger partial charge < -0.3 is 5.11 Å². The van der Waals surface area contributed by atoms with Crippen molar-refractivity contribution in [1.82, 2.24) is 4.57 Å². The van der Waals surface area contributed by atoms with Crippen LogP contribution in [0.25, 0.3) is 0 Å². The van der Waals surface area contributed by atoms with E-state index in [4.69, 9.17) is 0 Å². The number of hydrogen-bond acceptors (Lipinski definition) is 4. The molecule has 5 nitrogen and oxygen atoms in total. The molecule has 2 aromatic rings. The molecule has 124 valence electrons. The smallest absolute Gasteiger partial charge is 0.271 e. The number of para-hydroxylation sites is 1. The highest BCUT2D eigenvalue weighted by Gasteiger charge is 2.20. The molecule has 2 rings (SSSR count). The van der Waals surface area contributed by atoms with Gasteiger partial charge in [-0.3, -0.25) is 14.4 Å². The van der Waals surface area contributed by atoms with E-state index in [0.717, 1.165) is 11.3 Å². The number of benzene rings is 1. The molecule has 0 bridgehead atoms. The average molecular weight is 323 g/mol. The van der Waals surface area contributed by atoms with Crippen molar-refractivity contribution in [3.05, 3.63) is 56.9 Å². The van der Waals surface area contributed by atoms with Crippen molar-refractivity contribution in [3.63, 3.8) is 0 Å². The number of aromatic hydroxyl groups is 1. The van der Waals surface area contributed by atoms with E-state index < -0.39 is 5.56 Å². The van der Waals surface area contributed by atoms with Crippen LogP contribution in [0.2, 0.25) is 0 Å². The van der Waals surface area contributed by atoms with Crippen LogP contribution in [0.1, 0.15) is 48.6 Å². The zero-order valence-corrected chi connectivity index (χ0v) is 14.4. The first-order valence-electron chi connectivity index (χ1n) is 7.90. The minimum atomic E-state index is -0.463. The summed E-state index contributed by atoms with van der Waals surface area (Å²) >= 11 is 0. The van der Waals surface area contributed by atoms with Crippen molar-refractivity contribution >= 4 is 11.9 Å². The van der Waals surface area contributed by atoms with Gasteiger partial charge in [-0.2, -0.15) is 5.26 Å². The Morgan fingerprint density at radius 3 is 2.62 bits per heavy atom. The fraction of sp³-hybridized carbons (Fsp3) is 0.316. The summed E-state index contributed by atoms with van der Waals surface area (Å²) in [6.45, 7) is 7.35. The number of nitriles is 1. The fourth-order valence-electron chi connectivity index (χ4n) is 2.53. The van der Waals surface area contributed by atoms with Crippen molar-refractivity contribution in [2.75, 3.05) is 0 Å². The molecule has 0 amide bonds. The molecule has 0 saturated carbocycles. The van der Waals surface area contributed by atoms with Gasteiger partial charge in [0.25, 0.3) is 5.56 Å². The molecule has 1 aromatic heterocycles. The predicted octanol–water partition coefficient (Wildman–Crippen LogP) is 3.76. The van der Waals surface area contributed by atoms with Gasteiger partial charge in [0.2, 0.25) is 5.88 Å². The van der Waals surface area contributed by atoms with Crippen LogP contribution >= 0.6 is 0 Å². The Bertz CT molecular complexity index is 889. The lowest BCUT2D eigenvalue weighted by atomic mass is 10.0. The van der Waals surface area contributed by atoms with Gasteiger partial charge in [-0.25, -0.2) is 0 Å². The quantitative estimate of drug-likeness (QED) is 0.870. The molecule has 0 aliphatic heterocycles. The van der Waals surface area contributed by atoms with E-state index in [0.29, 0.717) is 17.5 Å². The number of hydrogen-bond donors (Lipinski definition) is 1. The SMILES string of the molecule is CCC(C)n1c(O)c(C=Nc2ccccc2C)c(C)c(C#N)c1=O. The van der Waals surface area contributed by atoms with E-state index in [-0.39, 0.29) is 17.5 Å². The van der Waals surface area contributed by atoms with Crippen LogP contribution in [-0.4, -0.2) is 15.9 Å². The topological polar surface area (TPSA) is 78.4 Å². The van der Waals surface area contributed by atoms with Crippen molar-refractivity contribution in [2.24, 2.45) is 4.99 Å². The number of aryl methyl sites for hydroxylation is 1. The molecule has 1 atom stereocenters. The molecule has 1 aromatic carbocycles. The van der Waals surface area contributed by atoms with Crippen molar-refractivity contribution in [1.29, 1.82) is 5.26 Å². The minimum absolute atomic E-state index is 0.0410.